The topological polar surface area (TPSA) is 35.0 Å². The summed E-state index contributed by atoms with van der Waals surface area (Å²) in [6.45, 7) is 4.30. The molecule has 2 aromatic rings. The van der Waals surface area contributed by atoms with Crippen LogP contribution < -0.4 is 4.74 Å². The maximum absolute atomic E-state index is 13.8. The zero-order chi connectivity index (χ0) is 22.3. The Morgan fingerprint density at radius 2 is 1.45 bits per heavy atom. The van der Waals surface area contributed by atoms with Crippen molar-refractivity contribution in [2.45, 2.75) is 96.8 Å². The summed E-state index contributed by atoms with van der Waals surface area (Å²) < 4.78 is 32.6. The van der Waals surface area contributed by atoms with E-state index in [4.69, 9.17) is 4.74 Å². The Labute approximate surface area is 186 Å². The number of halogens is 2. The first kappa shape index (κ1) is 25.2. The minimum atomic E-state index is -1.02. The van der Waals surface area contributed by atoms with E-state index in [2.05, 4.69) is 16.9 Å². The number of unbranched alkanes of at least 4 members (excludes halogenated alkanes) is 5. The van der Waals surface area contributed by atoms with Crippen molar-refractivity contribution in [1.29, 1.82) is 0 Å². The molecular weight excluding hydrogens is 394 g/mol. The van der Waals surface area contributed by atoms with Gasteiger partial charge < -0.3 is 4.74 Å². The zero-order valence-corrected chi connectivity index (χ0v) is 19.2. The second-order valence-electron chi connectivity index (χ2n) is 8.27. The van der Waals surface area contributed by atoms with Crippen LogP contribution in [-0.2, 0) is 6.42 Å². The van der Waals surface area contributed by atoms with Gasteiger partial charge in [-0.3, -0.25) is 0 Å². The zero-order valence-electron chi connectivity index (χ0n) is 19.2. The largest absolute Gasteiger partial charge is 0.493 e. The van der Waals surface area contributed by atoms with Crippen molar-refractivity contribution in [2.75, 3.05) is 6.61 Å². The Morgan fingerprint density at radius 1 is 0.806 bits per heavy atom. The van der Waals surface area contributed by atoms with Crippen molar-refractivity contribution in [3.8, 4) is 17.1 Å². The van der Waals surface area contributed by atoms with E-state index in [1.807, 2.05) is 36.7 Å². The molecule has 0 amide bonds. The number of aryl methyl sites for hydroxylation is 1. The lowest BCUT2D eigenvalue weighted by Gasteiger charge is -2.11. The second-order valence-corrected chi connectivity index (χ2v) is 8.27. The monoisotopic (exact) mass is 432 g/mol. The molecule has 0 bridgehead atoms. The third kappa shape index (κ3) is 10.2. The fourth-order valence-corrected chi connectivity index (χ4v) is 3.46. The van der Waals surface area contributed by atoms with E-state index in [0.717, 1.165) is 12.0 Å². The van der Waals surface area contributed by atoms with Gasteiger partial charge in [-0.2, -0.15) is 0 Å². The van der Waals surface area contributed by atoms with Gasteiger partial charge in [-0.1, -0.05) is 46.0 Å². The number of ether oxygens (including phenoxy) is 1. The van der Waals surface area contributed by atoms with E-state index < -0.39 is 12.3 Å². The normalized spacial score (nSPS) is 13.2. The molecule has 0 saturated carbocycles. The summed E-state index contributed by atoms with van der Waals surface area (Å²) in [4.78, 5) is 9.00. The number of hydrogen-bond acceptors (Lipinski definition) is 3. The van der Waals surface area contributed by atoms with Gasteiger partial charge >= 0.3 is 0 Å². The van der Waals surface area contributed by atoms with Crippen LogP contribution in [0.2, 0.25) is 0 Å². The van der Waals surface area contributed by atoms with Gasteiger partial charge in [-0.15, -0.1) is 0 Å². The predicted molar refractivity (Wildman–Crippen MR) is 124 cm³/mol. The minimum absolute atomic E-state index is 0.253. The Balaban J connectivity index is 1.71. The fraction of sp³-hybridized carbons (Fsp3) is 0.615. The highest BCUT2D eigenvalue weighted by Crippen LogP contribution is 2.20. The number of hydrogen-bond donors (Lipinski definition) is 0. The molecule has 1 heterocycles. The summed E-state index contributed by atoms with van der Waals surface area (Å²) in [5.74, 6) is 1.38. The lowest BCUT2D eigenvalue weighted by Crippen LogP contribution is -2.10. The van der Waals surface area contributed by atoms with E-state index in [1.165, 1.54) is 44.1 Å². The lowest BCUT2D eigenvalue weighted by molar-refractivity contribution is 0.202. The van der Waals surface area contributed by atoms with E-state index in [9.17, 15) is 8.78 Å². The number of benzene rings is 1. The van der Waals surface area contributed by atoms with Crippen LogP contribution in [0.3, 0.4) is 0 Å². The SMILES string of the molecule is CCCCCCCCc1cnc(-c2ccc(OCCC(F)CCC(F)CC)cc2)nc1. The van der Waals surface area contributed by atoms with Gasteiger partial charge in [0.25, 0.3) is 0 Å². The van der Waals surface area contributed by atoms with Gasteiger partial charge in [-0.25, -0.2) is 18.7 Å². The van der Waals surface area contributed by atoms with Crippen molar-refractivity contribution in [3.05, 3.63) is 42.2 Å². The molecule has 0 fully saturated rings. The molecule has 1 aromatic heterocycles. The highest BCUT2D eigenvalue weighted by Gasteiger charge is 2.11. The van der Waals surface area contributed by atoms with Gasteiger partial charge in [-0.05, 0) is 61.9 Å². The van der Waals surface area contributed by atoms with Gasteiger partial charge in [0, 0.05) is 24.4 Å². The summed E-state index contributed by atoms with van der Waals surface area (Å²) in [5, 5.41) is 0. The third-order valence-electron chi connectivity index (χ3n) is 5.57. The molecule has 5 heteroatoms. The van der Waals surface area contributed by atoms with Crippen LogP contribution in [0, 0.1) is 0 Å². The number of aromatic nitrogens is 2. The first-order valence-corrected chi connectivity index (χ1v) is 11.9. The van der Waals surface area contributed by atoms with Crippen LogP contribution in [-0.4, -0.2) is 28.9 Å². The smallest absolute Gasteiger partial charge is 0.159 e. The summed E-state index contributed by atoms with van der Waals surface area (Å²) in [6.07, 6.45) is 11.9. The number of alkyl halides is 2. The minimum Gasteiger partial charge on any atom is -0.493 e. The summed E-state index contributed by atoms with van der Waals surface area (Å²) in [6, 6.07) is 7.54. The first-order chi connectivity index (χ1) is 15.1. The molecule has 2 unspecified atom stereocenters. The third-order valence-corrected chi connectivity index (χ3v) is 5.57. The highest BCUT2D eigenvalue weighted by molar-refractivity contribution is 5.55. The van der Waals surface area contributed by atoms with Crippen molar-refractivity contribution in [1.82, 2.24) is 9.97 Å². The van der Waals surface area contributed by atoms with Gasteiger partial charge in [0.2, 0.25) is 0 Å². The van der Waals surface area contributed by atoms with Crippen molar-refractivity contribution < 1.29 is 13.5 Å². The van der Waals surface area contributed by atoms with Crippen molar-refractivity contribution in [2.24, 2.45) is 0 Å². The molecule has 0 radical (unpaired) electrons. The van der Waals surface area contributed by atoms with Gasteiger partial charge in [0.1, 0.15) is 11.9 Å². The highest BCUT2D eigenvalue weighted by atomic mass is 19.1. The van der Waals surface area contributed by atoms with Crippen LogP contribution in [0.5, 0.6) is 5.75 Å². The van der Waals surface area contributed by atoms with Crippen molar-refractivity contribution in [3.63, 3.8) is 0 Å². The molecule has 31 heavy (non-hydrogen) atoms. The summed E-state index contributed by atoms with van der Waals surface area (Å²) in [7, 11) is 0. The number of rotatable bonds is 16. The van der Waals surface area contributed by atoms with Crippen LogP contribution >= 0.6 is 0 Å². The van der Waals surface area contributed by atoms with Gasteiger partial charge in [0.15, 0.2) is 5.82 Å². The quantitative estimate of drug-likeness (QED) is 0.255. The van der Waals surface area contributed by atoms with E-state index in [-0.39, 0.29) is 25.9 Å². The maximum Gasteiger partial charge on any atom is 0.159 e. The Hall–Kier alpha value is -2.04. The maximum atomic E-state index is 13.8. The molecular formula is C26H38F2N2O. The second kappa shape index (κ2) is 14.9. The molecule has 0 N–H and O–H groups in total. The Kier molecular flexibility index (Phi) is 12.1. The van der Waals surface area contributed by atoms with Crippen LogP contribution in [0.1, 0.15) is 83.6 Å². The van der Waals surface area contributed by atoms with Crippen molar-refractivity contribution >= 4 is 0 Å². The van der Waals surface area contributed by atoms with Crippen LogP contribution in [0.25, 0.3) is 11.4 Å². The Bertz CT molecular complexity index is 706. The number of nitrogens with zero attached hydrogens (tertiary/aromatic N) is 2. The molecule has 0 spiro atoms. The van der Waals surface area contributed by atoms with Crippen LogP contribution in [0.15, 0.2) is 36.7 Å². The average molecular weight is 433 g/mol. The van der Waals surface area contributed by atoms with Crippen LogP contribution in [0.4, 0.5) is 8.78 Å². The Morgan fingerprint density at radius 3 is 2.13 bits per heavy atom. The molecule has 1 aromatic carbocycles. The standard InChI is InChI=1S/C26H38F2N2O/c1-3-5-6-7-8-9-10-21-19-29-26(30-20-21)22-11-15-25(16-12-22)31-18-17-24(28)14-13-23(27)4-2/h11-12,15-16,19-20,23-24H,3-10,13-14,17-18H2,1-2H3. The molecule has 0 aliphatic heterocycles. The molecule has 0 aliphatic carbocycles. The summed E-state index contributed by atoms with van der Waals surface area (Å²) in [5.41, 5.74) is 2.10. The van der Waals surface area contributed by atoms with E-state index in [1.54, 1.807) is 6.92 Å². The van der Waals surface area contributed by atoms with E-state index >= 15 is 0 Å². The molecule has 172 valence electrons. The van der Waals surface area contributed by atoms with E-state index in [0.29, 0.717) is 18.0 Å². The summed E-state index contributed by atoms with van der Waals surface area (Å²) >= 11 is 0. The predicted octanol–water partition coefficient (Wildman–Crippen LogP) is 7.68. The molecule has 0 aliphatic rings. The van der Waals surface area contributed by atoms with Gasteiger partial charge in [0.05, 0.1) is 12.8 Å². The molecule has 2 rings (SSSR count). The molecule has 2 atom stereocenters. The fourth-order valence-electron chi connectivity index (χ4n) is 3.46. The first-order valence-electron chi connectivity index (χ1n) is 11.9. The lowest BCUT2D eigenvalue weighted by atomic mass is 10.1. The molecule has 3 nitrogen and oxygen atoms in total. The molecule has 0 saturated heterocycles. The average Bonchev–Trinajstić information content (AvgIpc) is 2.80.